The van der Waals surface area contributed by atoms with Crippen molar-refractivity contribution >= 4 is 48.8 Å². The Morgan fingerprint density at radius 1 is 1.14 bits per heavy atom. The van der Waals surface area contributed by atoms with Crippen LogP contribution in [-0.4, -0.2) is 31.8 Å². The van der Waals surface area contributed by atoms with Crippen LogP contribution in [0.5, 0.6) is 5.75 Å². The first-order chi connectivity index (χ1) is 13.2. The lowest BCUT2D eigenvalue weighted by Gasteiger charge is -2.11. The highest BCUT2D eigenvalue weighted by molar-refractivity contribution is 7.94. The van der Waals surface area contributed by atoms with Gasteiger partial charge in [0.2, 0.25) is 14.2 Å². The minimum atomic E-state index is -3.43. The number of amides is 2. The van der Waals surface area contributed by atoms with Crippen LogP contribution >= 0.6 is 11.3 Å². The summed E-state index contributed by atoms with van der Waals surface area (Å²) in [7, 11) is -1.84. The number of hydrogen-bond acceptors (Lipinski definition) is 6. The lowest BCUT2D eigenvalue weighted by molar-refractivity contribution is 0.262. The Morgan fingerprint density at radius 3 is 2.54 bits per heavy atom. The molecule has 0 saturated carbocycles. The van der Waals surface area contributed by atoms with Crippen molar-refractivity contribution in [3.05, 3.63) is 42.0 Å². The van der Waals surface area contributed by atoms with E-state index in [1.165, 1.54) is 0 Å². The number of rotatable bonds is 5. The van der Waals surface area contributed by atoms with E-state index in [-0.39, 0.29) is 4.34 Å². The van der Waals surface area contributed by atoms with Crippen LogP contribution in [0.3, 0.4) is 0 Å². The molecule has 0 bridgehead atoms. The van der Waals surface area contributed by atoms with Gasteiger partial charge in [-0.2, -0.15) is 0 Å². The summed E-state index contributed by atoms with van der Waals surface area (Å²) < 4.78 is 30.5. The number of carbonyl (C=O) groups is 1. The molecule has 0 aliphatic rings. The molecule has 28 heavy (non-hydrogen) atoms. The lowest BCUT2D eigenvalue weighted by Crippen LogP contribution is -2.19. The summed E-state index contributed by atoms with van der Waals surface area (Å²) >= 11 is 1.10. The zero-order chi connectivity index (χ0) is 20.5. The summed E-state index contributed by atoms with van der Waals surface area (Å²) in [5, 5.41) is 5.01. The summed E-state index contributed by atoms with van der Waals surface area (Å²) in [6.07, 6.45) is 0. The third-order valence-corrected chi connectivity index (χ3v) is 7.75. The number of anilines is 2. The van der Waals surface area contributed by atoms with Crippen LogP contribution in [-0.2, 0) is 9.84 Å². The second-order valence-electron chi connectivity index (χ2n) is 6.52. The number of carbonyl (C=O) groups excluding carboxylic acids is 1. The van der Waals surface area contributed by atoms with Gasteiger partial charge >= 0.3 is 6.03 Å². The van der Waals surface area contributed by atoms with Gasteiger partial charge in [0.05, 0.1) is 22.6 Å². The number of urea groups is 1. The van der Waals surface area contributed by atoms with Gasteiger partial charge in [-0.15, -0.1) is 11.3 Å². The van der Waals surface area contributed by atoms with Crippen LogP contribution in [0.4, 0.5) is 16.2 Å². The Bertz CT molecular complexity index is 1140. The van der Waals surface area contributed by atoms with E-state index in [0.29, 0.717) is 27.3 Å². The summed E-state index contributed by atoms with van der Waals surface area (Å²) in [4.78, 5) is 16.5. The fourth-order valence-electron chi connectivity index (χ4n) is 2.49. The number of hydrogen-bond donors (Lipinski definition) is 2. The molecule has 2 amide bonds. The quantitative estimate of drug-likeness (QED) is 0.637. The number of aromatic nitrogens is 1. The molecule has 0 saturated heterocycles. The third kappa shape index (κ3) is 4.10. The van der Waals surface area contributed by atoms with Crippen LogP contribution in [0.1, 0.15) is 19.4 Å². The number of nitrogens with zero attached hydrogens (tertiary/aromatic N) is 1. The normalized spacial score (nSPS) is 11.6. The maximum atomic E-state index is 12.3. The molecule has 1 aromatic heterocycles. The Morgan fingerprint density at radius 2 is 1.89 bits per heavy atom. The van der Waals surface area contributed by atoms with Gasteiger partial charge in [0, 0.05) is 11.4 Å². The van der Waals surface area contributed by atoms with Gasteiger partial charge in [0.1, 0.15) is 5.75 Å². The predicted molar refractivity (Wildman–Crippen MR) is 112 cm³/mol. The molecule has 0 fully saturated rings. The van der Waals surface area contributed by atoms with Gasteiger partial charge in [-0.1, -0.05) is 0 Å². The molecule has 0 atom stereocenters. The van der Waals surface area contributed by atoms with Gasteiger partial charge in [0.25, 0.3) is 0 Å². The van der Waals surface area contributed by atoms with E-state index >= 15 is 0 Å². The van der Waals surface area contributed by atoms with Crippen molar-refractivity contribution in [2.45, 2.75) is 30.4 Å². The lowest BCUT2D eigenvalue weighted by atomic mass is 10.2. The highest BCUT2D eigenvalue weighted by Crippen LogP contribution is 2.30. The number of benzene rings is 2. The van der Waals surface area contributed by atoms with Crippen LogP contribution in [0.25, 0.3) is 10.2 Å². The molecule has 0 aliphatic carbocycles. The smallest absolute Gasteiger partial charge is 0.323 e. The van der Waals surface area contributed by atoms with Crippen LogP contribution in [0.15, 0.2) is 40.7 Å². The molecule has 2 aromatic carbocycles. The highest BCUT2D eigenvalue weighted by Gasteiger charge is 2.23. The van der Waals surface area contributed by atoms with E-state index in [1.54, 1.807) is 51.3 Å². The molecule has 0 unspecified atom stereocenters. The Labute approximate surface area is 167 Å². The highest BCUT2D eigenvalue weighted by atomic mass is 32.2. The molecule has 7 nitrogen and oxygen atoms in total. The zero-order valence-corrected chi connectivity index (χ0v) is 17.6. The van der Waals surface area contributed by atoms with E-state index in [4.69, 9.17) is 4.74 Å². The minimum Gasteiger partial charge on any atom is -0.497 e. The molecular weight excluding hydrogens is 398 g/mol. The number of fused-ring (bicyclic) bond motifs is 1. The summed E-state index contributed by atoms with van der Waals surface area (Å²) in [5.41, 5.74) is 2.67. The summed E-state index contributed by atoms with van der Waals surface area (Å²) in [6, 6.07) is 10.1. The number of thiazole rings is 1. The topological polar surface area (TPSA) is 97.4 Å². The molecule has 3 aromatic rings. The van der Waals surface area contributed by atoms with Crippen molar-refractivity contribution in [2.24, 2.45) is 0 Å². The Kier molecular flexibility index (Phi) is 5.57. The summed E-state index contributed by atoms with van der Waals surface area (Å²) in [6.45, 7) is 5.12. The SMILES string of the molecule is COc1ccc(NC(=O)Nc2ccc3nc(S(=O)(=O)C(C)C)sc3c2)c(C)c1. The van der Waals surface area contributed by atoms with Gasteiger partial charge in [0.15, 0.2) is 0 Å². The molecule has 3 rings (SSSR count). The van der Waals surface area contributed by atoms with E-state index in [1.807, 2.05) is 13.0 Å². The minimum absolute atomic E-state index is 0.0907. The molecule has 0 aliphatic heterocycles. The maximum Gasteiger partial charge on any atom is 0.323 e. The average Bonchev–Trinajstić information content (AvgIpc) is 3.07. The average molecular weight is 420 g/mol. The fraction of sp³-hybridized carbons (Fsp3) is 0.263. The van der Waals surface area contributed by atoms with Crippen molar-refractivity contribution in [3.8, 4) is 5.75 Å². The first kappa shape index (κ1) is 20.1. The number of nitrogens with one attached hydrogen (secondary N) is 2. The largest absolute Gasteiger partial charge is 0.497 e. The van der Waals surface area contributed by atoms with Crippen LogP contribution in [0.2, 0.25) is 0 Å². The molecule has 2 N–H and O–H groups in total. The monoisotopic (exact) mass is 419 g/mol. The second kappa shape index (κ2) is 7.76. The van der Waals surface area contributed by atoms with Gasteiger partial charge in [-0.05, 0) is 62.7 Å². The third-order valence-electron chi connectivity index (χ3n) is 4.17. The predicted octanol–water partition coefficient (Wildman–Crippen LogP) is 4.44. The van der Waals surface area contributed by atoms with E-state index in [2.05, 4.69) is 15.6 Å². The number of methoxy groups -OCH3 is 1. The van der Waals surface area contributed by atoms with E-state index in [0.717, 1.165) is 16.9 Å². The molecule has 148 valence electrons. The van der Waals surface area contributed by atoms with Gasteiger partial charge in [-0.3, -0.25) is 0 Å². The van der Waals surface area contributed by atoms with Crippen molar-refractivity contribution in [2.75, 3.05) is 17.7 Å². The molecule has 1 heterocycles. The molecule has 0 radical (unpaired) electrons. The van der Waals surface area contributed by atoms with Crippen molar-refractivity contribution < 1.29 is 17.9 Å². The van der Waals surface area contributed by atoms with E-state index in [9.17, 15) is 13.2 Å². The summed E-state index contributed by atoms with van der Waals surface area (Å²) in [5.74, 6) is 0.714. The van der Waals surface area contributed by atoms with Gasteiger partial charge in [-0.25, -0.2) is 18.2 Å². The van der Waals surface area contributed by atoms with Gasteiger partial charge < -0.3 is 15.4 Å². The maximum absolute atomic E-state index is 12.3. The van der Waals surface area contributed by atoms with Crippen molar-refractivity contribution in [3.63, 3.8) is 0 Å². The Hall–Kier alpha value is -2.65. The molecule has 9 heteroatoms. The first-order valence-electron chi connectivity index (χ1n) is 8.58. The fourth-order valence-corrected chi connectivity index (χ4v) is 5.17. The van der Waals surface area contributed by atoms with Crippen LogP contribution in [0, 0.1) is 6.92 Å². The van der Waals surface area contributed by atoms with Crippen molar-refractivity contribution in [1.29, 1.82) is 0 Å². The zero-order valence-electron chi connectivity index (χ0n) is 15.9. The number of aryl methyl sites for hydroxylation is 1. The standard InChI is InChI=1S/C19H21N3O4S2/c1-11(2)28(24,25)19-22-16-7-5-13(10-17(16)27-19)20-18(23)21-15-8-6-14(26-4)9-12(15)3/h5-11H,1-4H3,(H2,20,21,23). The van der Waals surface area contributed by atoms with Crippen LogP contribution < -0.4 is 15.4 Å². The van der Waals surface area contributed by atoms with Crippen molar-refractivity contribution in [1.82, 2.24) is 4.98 Å². The number of sulfone groups is 1. The first-order valence-corrected chi connectivity index (χ1v) is 10.9. The van der Waals surface area contributed by atoms with E-state index < -0.39 is 21.1 Å². The second-order valence-corrected chi connectivity index (χ2v) is 10.2. The number of ether oxygens (including phenoxy) is 1. The molecular formula is C19H21N3O4S2. The Balaban J connectivity index is 1.78. The molecule has 0 spiro atoms.